The van der Waals surface area contributed by atoms with Gasteiger partial charge in [0, 0.05) is 18.7 Å². The van der Waals surface area contributed by atoms with Crippen molar-refractivity contribution in [1.29, 1.82) is 0 Å². The molecule has 2 aromatic carbocycles. The van der Waals surface area contributed by atoms with Crippen LogP contribution in [0.4, 0.5) is 0 Å². The zero-order valence-corrected chi connectivity index (χ0v) is 13.4. The van der Waals surface area contributed by atoms with E-state index in [1.54, 1.807) is 36.4 Å². The van der Waals surface area contributed by atoms with Gasteiger partial charge in [-0.25, -0.2) is 0 Å². The molecule has 3 rings (SSSR count). The van der Waals surface area contributed by atoms with Crippen molar-refractivity contribution < 1.29 is 14.4 Å². The first-order valence-electron chi connectivity index (χ1n) is 7.88. The first-order valence-corrected chi connectivity index (χ1v) is 7.88. The lowest BCUT2D eigenvalue weighted by molar-refractivity contribution is 0.0653. The molecule has 0 fully saturated rings. The van der Waals surface area contributed by atoms with Crippen LogP contribution in [0.2, 0.25) is 0 Å². The standard InChI is InChI=1S/C19H18N2O3/c1-13-7-9-14(10-8-13)17(22)20-11-4-12-21-18(23)15-5-2-3-6-16(15)19(21)24/h2-3,5-10H,4,11-12H2,1H3,(H,20,22). The van der Waals surface area contributed by atoms with E-state index in [4.69, 9.17) is 0 Å². The van der Waals surface area contributed by atoms with Gasteiger partial charge in [-0.2, -0.15) is 0 Å². The first kappa shape index (κ1) is 15.9. The second kappa shape index (κ2) is 6.66. The molecule has 0 unspecified atom stereocenters. The van der Waals surface area contributed by atoms with E-state index in [-0.39, 0.29) is 17.7 Å². The van der Waals surface area contributed by atoms with E-state index in [1.165, 1.54) is 4.90 Å². The van der Waals surface area contributed by atoms with Crippen LogP contribution in [0.1, 0.15) is 43.1 Å². The molecule has 2 aromatic rings. The maximum Gasteiger partial charge on any atom is 0.261 e. The van der Waals surface area contributed by atoms with Crippen molar-refractivity contribution in [2.75, 3.05) is 13.1 Å². The minimum atomic E-state index is -0.263. The minimum absolute atomic E-state index is 0.155. The Labute approximate surface area is 140 Å². The number of hydrogen-bond donors (Lipinski definition) is 1. The van der Waals surface area contributed by atoms with Crippen molar-refractivity contribution in [1.82, 2.24) is 10.2 Å². The molecule has 0 aliphatic carbocycles. The Morgan fingerprint density at radius 1 is 0.958 bits per heavy atom. The predicted molar refractivity (Wildman–Crippen MR) is 89.9 cm³/mol. The number of hydrogen-bond acceptors (Lipinski definition) is 3. The Hall–Kier alpha value is -2.95. The van der Waals surface area contributed by atoms with Crippen LogP contribution in [0.3, 0.4) is 0 Å². The molecular weight excluding hydrogens is 304 g/mol. The fourth-order valence-electron chi connectivity index (χ4n) is 2.69. The number of fused-ring (bicyclic) bond motifs is 1. The summed E-state index contributed by atoms with van der Waals surface area (Å²) in [6, 6.07) is 14.1. The largest absolute Gasteiger partial charge is 0.352 e. The predicted octanol–water partition coefficient (Wildman–Crippen LogP) is 2.41. The molecule has 24 heavy (non-hydrogen) atoms. The Bertz CT molecular complexity index is 762. The summed E-state index contributed by atoms with van der Waals surface area (Å²) in [6.07, 6.45) is 0.517. The second-order valence-electron chi connectivity index (χ2n) is 5.78. The summed E-state index contributed by atoms with van der Waals surface area (Å²) in [7, 11) is 0. The molecule has 1 heterocycles. The molecule has 1 aliphatic rings. The summed E-state index contributed by atoms with van der Waals surface area (Å²) in [4.78, 5) is 37.7. The number of imide groups is 1. The van der Waals surface area contributed by atoms with E-state index in [9.17, 15) is 14.4 Å². The highest BCUT2D eigenvalue weighted by Gasteiger charge is 2.34. The molecular formula is C19H18N2O3. The summed E-state index contributed by atoms with van der Waals surface area (Å²) in [5.41, 5.74) is 2.59. The third-order valence-electron chi connectivity index (χ3n) is 4.04. The van der Waals surface area contributed by atoms with E-state index in [0.717, 1.165) is 5.56 Å². The molecule has 5 heteroatoms. The SMILES string of the molecule is Cc1ccc(C(=O)NCCCN2C(=O)c3ccccc3C2=O)cc1. The van der Waals surface area contributed by atoms with Crippen molar-refractivity contribution >= 4 is 17.7 Å². The van der Waals surface area contributed by atoms with Crippen LogP contribution in [-0.4, -0.2) is 35.7 Å². The highest BCUT2D eigenvalue weighted by Crippen LogP contribution is 2.22. The quantitative estimate of drug-likeness (QED) is 0.679. The smallest absolute Gasteiger partial charge is 0.261 e. The van der Waals surface area contributed by atoms with Gasteiger partial charge in [-0.05, 0) is 37.6 Å². The zero-order chi connectivity index (χ0) is 17.1. The lowest BCUT2D eigenvalue weighted by Crippen LogP contribution is -2.33. The number of carbonyl (C=O) groups excluding carboxylic acids is 3. The van der Waals surface area contributed by atoms with Gasteiger partial charge >= 0.3 is 0 Å². The lowest BCUT2D eigenvalue weighted by atomic mass is 10.1. The van der Waals surface area contributed by atoms with Gasteiger partial charge in [-0.3, -0.25) is 19.3 Å². The molecule has 3 amide bonds. The maximum atomic E-state index is 12.2. The van der Waals surface area contributed by atoms with Crippen LogP contribution < -0.4 is 5.32 Å². The van der Waals surface area contributed by atoms with Gasteiger partial charge in [0.2, 0.25) is 0 Å². The van der Waals surface area contributed by atoms with Gasteiger partial charge < -0.3 is 5.32 Å². The number of nitrogens with one attached hydrogen (secondary N) is 1. The summed E-state index contributed by atoms with van der Waals surface area (Å²) >= 11 is 0. The molecule has 0 spiro atoms. The summed E-state index contributed by atoms with van der Waals surface area (Å²) in [6.45, 7) is 2.66. The maximum absolute atomic E-state index is 12.2. The highest BCUT2D eigenvalue weighted by atomic mass is 16.2. The average molecular weight is 322 g/mol. The molecule has 0 saturated carbocycles. The molecule has 0 aromatic heterocycles. The molecule has 0 radical (unpaired) electrons. The second-order valence-corrected chi connectivity index (χ2v) is 5.78. The summed E-state index contributed by atoms with van der Waals surface area (Å²) in [5, 5.41) is 2.80. The number of rotatable bonds is 5. The summed E-state index contributed by atoms with van der Waals surface area (Å²) in [5.74, 6) is -0.682. The van der Waals surface area contributed by atoms with Crippen molar-refractivity contribution in [2.24, 2.45) is 0 Å². The molecule has 122 valence electrons. The fourth-order valence-corrected chi connectivity index (χ4v) is 2.69. The Morgan fingerprint density at radius 2 is 1.54 bits per heavy atom. The number of aryl methyl sites for hydroxylation is 1. The van der Waals surface area contributed by atoms with Crippen LogP contribution in [0, 0.1) is 6.92 Å². The van der Waals surface area contributed by atoms with Crippen LogP contribution >= 0.6 is 0 Å². The number of nitrogens with zero attached hydrogens (tertiary/aromatic N) is 1. The third kappa shape index (κ3) is 3.06. The summed E-state index contributed by atoms with van der Waals surface area (Å²) < 4.78 is 0. The van der Waals surface area contributed by atoms with Crippen molar-refractivity contribution in [3.05, 3.63) is 70.8 Å². The number of amides is 3. The van der Waals surface area contributed by atoms with Crippen molar-refractivity contribution in [3.63, 3.8) is 0 Å². The third-order valence-corrected chi connectivity index (χ3v) is 4.04. The Morgan fingerprint density at radius 3 is 2.12 bits per heavy atom. The van der Waals surface area contributed by atoms with Crippen molar-refractivity contribution in [2.45, 2.75) is 13.3 Å². The topological polar surface area (TPSA) is 66.5 Å². The van der Waals surface area contributed by atoms with Crippen LogP contribution in [0.25, 0.3) is 0 Å². The molecule has 0 atom stereocenters. The normalized spacial score (nSPS) is 13.1. The Balaban J connectivity index is 1.51. The molecule has 5 nitrogen and oxygen atoms in total. The fraction of sp³-hybridized carbons (Fsp3) is 0.211. The average Bonchev–Trinajstić information content (AvgIpc) is 2.84. The van der Waals surface area contributed by atoms with E-state index in [0.29, 0.717) is 36.2 Å². The molecule has 1 N–H and O–H groups in total. The van der Waals surface area contributed by atoms with Gasteiger partial charge in [0.1, 0.15) is 0 Å². The van der Waals surface area contributed by atoms with Gasteiger partial charge in [0.25, 0.3) is 17.7 Å². The van der Waals surface area contributed by atoms with Gasteiger partial charge in [-0.1, -0.05) is 29.8 Å². The van der Waals surface area contributed by atoms with E-state index in [1.807, 2.05) is 19.1 Å². The van der Waals surface area contributed by atoms with Crippen LogP contribution in [-0.2, 0) is 0 Å². The molecule has 0 bridgehead atoms. The van der Waals surface area contributed by atoms with E-state index >= 15 is 0 Å². The lowest BCUT2D eigenvalue weighted by Gasteiger charge is -2.13. The number of benzene rings is 2. The Kier molecular flexibility index (Phi) is 4.42. The molecule has 1 aliphatic heterocycles. The van der Waals surface area contributed by atoms with E-state index in [2.05, 4.69) is 5.32 Å². The zero-order valence-electron chi connectivity index (χ0n) is 13.4. The van der Waals surface area contributed by atoms with Crippen molar-refractivity contribution in [3.8, 4) is 0 Å². The number of carbonyl (C=O) groups is 3. The van der Waals surface area contributed by atoms with E-state index < -0.39 is 0 Å². The minimum Gasteiger partial charge on any atom is -0.352 e. The monoisotopic (exact) mass is 322 g/mol. The molecule has 0 saturated heterocycles. The van der Waals surface area contributed by atoms with Crippen LogP contribution in [0.15, 0.2) is 48.5 Å². The van der Waals surface area contributed by atoms with Gasteiger partial charge in [0.15, 0.2) is 0 Å². The van der Waals surface area contributed by atoms with Crippen LogP contribution in [0.5, 0.6) is 0 Å². The highest BCUT2D eigenvalue weighted by molar-refractivity contribution is 6.21. The first-order chi connectivity index (χ1) is 11.6. The van der Waals surface area contributed by atoms with Gasteiger partial charge in [0.05, 0.1) is 11.1 Å². The van der Waals surface area contributed by atoms with Gasteiger partial charge in [-0.15, -0.1) is 0 Å².